The van der Waals surface area contributed by atoms with Gasteiger partial charge in [0, 0.05) is 24.2 Å². The van der Waals surface area contributed by atoms with E-state index in [1.54, 1.807) is 0 Å². The summed E-state index contributed by atoms with van der Waals surface area (Å²) in [5.74, 6) is -2.39. The van der Waals surface area contributed by atoms with E-state index in [4.69, 9.17) is 4.74 Å². The molecule has 4 rings (SSSR count). The van der Waals surface area contributed by atoms with Gasteiger partial charge in [-0.25, -0.2) is 17.6 Å². The van der Waals surface area contributed by atoms with Crippen LogP contribution in [0.4, 0.5) is 17.6 Å². The maximum absolute atomic E-state index is 14.7. The third-order valence-corrected chi connectivity index (χ3v) is 5.98. The second-order valence-corrected chi connectivity index (χ2v) is 8.41. The van der Waals surface area contributed by atoms with Crippen molar-refractivity contribution >= 4 is 0 Å². The Morgan fingerprint density at radius 3 is 1.97 bits per heavy atom. The van der Waals surface area contributed by atoms with Crippen LogP contribution < -0.4 is 0 Å². The van der Waals surface area contributed by atoms with E-state index in [0.717, 1.165) is 37.1 Å². The molecule has 1 aliphatic heterocycles. The lowest BCUT2D eigenvalue weighted by Crippen LogP contribution is -2.18. The third kappa shape index (κ3) is 4.67. The Kier molecular flexibility index (Phi) is 6.15. The monoisotopic (exact) mass is 428 g/mol. The van der Waals surface area contributed by atoms with Gasteiger partial charge in [0.1, 0.15) is 23.3 Å². The number of rotatable bonds is 4. The first kappa shape index (κ1) is 21.6. The first-order valence-corrected chi connectivity index (χ1v) is 10.5. The Balaban J connectivity index is 1.56. The van der Waals surface area contributed by atoms with Crippen molar-refractivity contribution in [2.45, 2.75) is 39.2 Å². The van der Waals surface area contributed by atoms with Gasteiger partial charge in [-0.15, -0.1) is 0 Å². The van der Waals surface area contributed by atoms with Gasteiger partial charge in [-0.1, -0.05) is 31.2 Å². The summed E-state index contributed by atoms with van der Waals surface area (Å²) in [5.41, 5.74) is 1.99. The van der Waals surface area contributed by atoms with E-state index >= 15 is 0 Å². The zero-order valence-electron chi connectivity index (χ0n) is 17.5. The van der Waals surface area contributed by atoms with E-state index in [2.05, 4.69) is 6.92 Å². The molecule has 2 atom stereocenters. The molecule has 0 spiro atoms. The maximum atomic E-state index is 14.7. The molecule has 1 fully saturated rings. The van der Waals surface area contributed by atoms with Crippen LogP contribution in [0, 0.1) is 36.1 Å². The van der Waals surface area contributed by atoms with Crippen LogP contribution in [0.15, 0.2) is 48.5 Å². The van der Waals surface area contributed by atoms with Crippen molar-refractivity contribution in [3.63, 3.8) is 0 Å². The first-order valence-electron chi connectivity index (χ1n) is 10.5. The molecule has 1 nitrogen and oxygen atoms in total. The Hall–Kier alpha value is -2.66. The Bertz CT molecular complexity index is 1040. The van der Waals surface area contributed by atoms with Crippen molar-refractivity contribution in [3.05, 3.63) is 94.1 Å². The second-order valence-electron chi connectivity index (χ2n) is 8.41. The van der Waals surface area contributed by atoms with E-state index in [1.165, 1.54) is 19.1 Å². The molecule has 1 aliphatic rings. The quantitative estimate of drug-likeness (QED) is 0.396. The molecule has 1 saturated heterocycles. The number of halogens is 4. The average molecular weight is 428 g/mol. The minimum atomic E-state index is -0.745. The van der Waals surface area contributed by atoms with Crippen LogP contribution in [0.5, 0.6) is 0 Å². The fourth-order valence-corrected chi connectivity index (χ4v) is 3.98. The highest BCUT2D eigenvalue weighted by atomic mass is 19.1. The fraction of sp³-hybridized carbons (Fsp3) is 0.308. The number of hydrogen-bond donors (Lipinski definition) is 0. The molecule has 5 heteroatoms. The van der Waals surface area contributed by atoms with Gasteiger partial charge < -0.3 is 4.74 Å². The fourth-order valence-electron chi connectivity index (χ4n) is 3.98. The highest BCUT2D eigenvalue weighted by Crippen LogP contribution is 2.32. The third-order valence-electron chi connectivity index (χ3n) is 5.98. The van der Waals surface area contributed by atoms with Crippen LogP contribution in [0.25, 0.3) is 11.1 Å². The lowest BCUT2D eigenvalue weighted by atomic mass is 9.94. The van der Waals surface area contributed by atoms with Gasteiger partial charge in [0.25, 0.3) is 0 Å². The molecule has 1 heterocycles. The van der Waals surface area contributed by atoms with E-state index < -0.39 is 23.3 Å². The molecule has 0 N–H and O–H groups in total. The highest BCUT2D eigenvalue weighted by molar-refractivity contribution is 5.64. The predicted octanol–water partition coefficient (Wildman–Crippen LogP) is 7.30. The summed E-state index contributed by atoms with van der Waals surface area (Å²) in [4.78, 5) is 0. The summed E-state index contributed by atoms with van der Waals surface area (Å²) in [6, 6.07) is 12.2. The molecular formula is C26H24F4O. The summed E-state index contributed by atoms with van der Waals surface area (Å²) >= 11 is 0. The van der Waals surface area contributed by atoms with E-state index in [9.17, 15) is 17.6 Å². The van der Waals surface area contributed by atoms with Crippen LogP contribution in [0.3, 0.4) is 0 Å². The molecule has 0 aromatic heterocycles. The van der Waals surface area contributed by atoms with Crippen molar-refractivity contribution in [2.75, 3.05) is 6.61 Å². The van der Waals surface area contributed by atoms with E-state index in [1.807, 2.05) is 24.3 Å². The topological polar surface area (TPSA) is 9.23 Å². The number of ether oxygens (including phenoxy) is 1. The lowest BCUT2D eigenvalue weighted by molar-refractivity contribution is -0.0123. The van der Waals surface area contributed by atoms with E-state index in [-0.39, 0.29) is 29.2 Å². The van der Waals surface area contributed by atoms with Crippen molar-refractivity contribution < 1.29 is 22.3 Å². The summed E-state index contributed by atoms with van der Waals surface area (Å²) < 4.78 is 62.9. The zero-order chi connectivity index (χ0) is 22.1. The van der Waals surface area contributed by atoms with Crippen molar-refractivity contribution in [2.24, 2.45) is 5.92 Å². The molecule has 0 aliphatic carbocycles. The van der Waals surface area contributed by atoms with Crippen LogP contribution in [-0.2, 0) is 11.2 Å². The summed E-state index contributed by atoms with van der Waals surface area (Å²) in [5, 5.41) is 0. The summed E-state index contributed by atoms with van der Waals surface area (Å²) in [7, 11) is 0. The van der Waals surface area contributed by atoms with Crippen LogP contribution >= 0.6 is 0 Å². The molecule has 162 valence electrons. The Morgan fingerprint density at radius 1 is 0.806 bits per heavy atom. The average Bonchev–Trinajstić information content (AvgIpc) is 2.75. The molecule has 31 heavy (non-hydrogen) atoms. The van der Waals surface area contributed by atoms with Gasteiger partial charge >= 0.3 is 0 Å². The normalized spacial score (nSPS) is 18.9. The molecule has 0 amide bonds. The molecule has 0 bridgehead atoms. The van der Waals surface area contributed by atoms with Gasteiger partial charge in [-0.3, -0.25) is 0 Å². The van der Waals surface area contributed by atoms with Crippen LogP contribution in [-0.4, -0.2) is 6.61 Å². The Morgan fingerprint density at radius 2 is 1.42 bits per heavy atom. The Labute approximate surface area is 179 Å². The molecular weight excluding hydrogens is 404 g/mol. The minimum Gasteiger partial charge on any atom is -0.373 e. The highest BCUT2D eigenvalue weighted by Gasteiger charge is 2.20. The number of hydrogen-bond acceptors (Lipinski definition) is 1. The van der Waals surface area contributed by atoms with Gasteiger partial charge in [0.15, 0.2) is 0 Å². The summed E-state index contributed by atoms with van der Waals surface area (Å²) in [6.07, 6.45) is 1.89. The van der Waals surface area contributed by atoms with Gasteiger partial charge in [0.05, 0.1) is 6.10 Å². The molecule has 2 unspecified atom stereocenters. The summed E-state index contributed by atoms with van der Waals surface area (Å²) in [6.45, 7) is 4.22. The van der Waals surface area contributed by atoms with Gasteiger partial charge in [0.2, 0.25) is 0 Å². The number of benzene rings is 3. The van der Waals surface area contributed by atoms with Crippen LogP contribution in [0.2, 0.25) is 0 Å². The SMILES string of the molecule is Cc1c(F)cc(Cc2c(F)cc(-c3ccc(C4CCC(C)CO4)cc3)cc2F)cc1F. The lowest BCUT2D eigenvalue weighted by Gasteiger charge is -2.27. The second kappa shape index (κ2) is 8.83. The first-order chi connectivity index (χ1) is 14.8. The van der Waals surface area contributed by atoms with Gasteiger partial charge in [-0.05, 0) is 72.2 Å². The molecule has 0 saturated carbocycles. The predicted molar refractivity (Wildman–Crippen MR) is 113 cm³/mol. The van der Waals surface area contributed by atoms with Crippen molar-refractivity contribution in [1.82, 2.24) is 0 Å². The smallest absolute Gasteiger partial charge is 0.130 e. The molecule has 3 aromatic rings. The van der Waals surface area contributed by atoms with Crippen molar-refractivity contribution in [3.8, 4) is 11.1 Å². The van der Waals surface area contributed by atoms with Crippen molar-refractivity contribution in [1.29, 1.82) is 0 Å². The molecule has 3 aromatic carbocycles. The zero-order valence-corrected chi connectivity index (χ0v) is 17.5. The maximum Gasteiger partial charge on any atom is 0.130 e. The van der Waals surface area contributed by atoms with Gasteiger partial charge in [-0.2, -0.15) is 0 Å². The van der Waals surface area contributed by atoms with Crippen LogP contribution in [0.1, 0.15) is 48.1 Å². The standard InChI is InChI=1S/C26H24F4O/c1-15-3-8-26(31-14-15)19-6-4-18(5-7-19)20-12-24(29)21(25(30)13-20)9-17-10-22(27)16(2)23(28)11-17/h4-7,10-13,15,26H,3,8-9,14H2,1-2H3. The van der Waals surface area contributed by atoms with E-state index in [0.29, 0.717) is 17.0 Å². The molecule has 0 radical (unpaired) electrons. The largest absolute Gasteiger partial charge is 0.373 e. The minimum absolute atomic E-state index is 0.0522.